The van der Waals surface area contributed by atoms with Crippen LogP contribution in [-0.4, -0.2) is 31.8 Å². The Balaban J connectivity index is 2.98. The van der Waals surface area contributed by atoms with Gasteiger partial charge in [-0.15, -0.1) is 11.6 Å². The van der Waals surface area contributed by atoms with Crippen LogP contribution >= 0.6 is 11.6 Å². The average Bonchev–Trinajstić information content (AvgIpc) is 2.34. The predicted molar refractivity (Wildman–Crippen MR) is 77.5 cm³/mol. The van der Waals surface area contributed by atoms with Gasteiger partial charge < -0.3 is 9.64 Å². The molecule has 0 bridgehead atoms. The van der Waals surface area contributed by atoms with Crippen LogP contribution in [0.4, 0.5) is 5.69 Å². The van der Waals surface area contributed by atoms with Gasteiger partial charge in [-0.3, -0.25) is 4.98 Å². The molecule has 0 atom stereocenters. The molecule has 0 amide bonds. The first-order valence-corrected chi connectivity index (χ1v) is 6.87. The van der Waals surface area contributed by atoms with Crippen molar-refractivity contribution in [3.63, 3.8) is 0 Å². The summed E-state index contributed by atoms with van der Waals surface area (Å²) in [5, 5.41) is 0. The fourth-order valence-corrected chi connectivity index (χ4v) is 2.13. The summed E-state index contributed by atoms with van der Waals surface area (Å²) in [6.07, 6.45) is 1.87. The van der Waals surface area contributed by atoms with Crippen molar-refractivity contribution in [3.8, 4) is 0 Å². The summed E-state index contributed by atoms with van der Waals surface area (Å²) < 4.78 is 5.19. The van der Waals surface area contributed by atoms with Crippen LogP contribution in [0.3, 0.4) is 0 Å². The molecule has 0 aliphatic carbocycles. The highest BCUT2D eigenvalue weighted by Crippen LogP contribution is 2.23. The van der Waals surface area contributed by atoms with Gasteiger partial charge in [0.25, 0.3) is 0 Å². The molecule has 0 aromatic carbocycles. The zero-order valence-corrected chi connectivity index (χ0v) is 12.5. The SMILES string of the molecule is COCCN(CC(C)C)c1cc(C)ncc1CCl. The number of aryl methyl sites for hydroxylation is 1. The summed E-state index contributed by atoms with van der Waals surface area (Å²) >= 11 is 6.00. The number of halogens is 1. The largest absolute Gasteiger partial charge is 0.383 e. The van der Waals surface area contributed by atoms with Gasteiger partial charge in [-0.05, 0) is 18.9 Å². The van der Waals surface area contributed by atoms with Crippen LogP contribution in [0.25, 0.3) is 0 Å². The second-order valence-corrected chi connectivity index (χ2v) is 5.19. The van der Waals surface area contributed by atoms with Gasteiger partial charge in [-0.2, -0.15) is 0 Å². The summed E-state index contributed by atoms with van der Waals surface area (Å²) in [7, 11) is 1.73. The first-order valence-electron chi connectivity index (χ1n) is 6.33. The molecule has 0 spiro atoms. The average molecular weight is 271 g/mol. The summed E-state index contributed by atoms with van der Waals surface area (Å²) in [6.45, 7) is 9.03. The summed E-state index contributed by atoms with van der Waals surface area (Å²) in [5.74, 6) is 1.09. The highest BCUT2D eigenvalue weighted by molar-refractivity contribution is 6.17. The number of aromatic nitrogens is 1. The Kier molecular flexibility index (Phi) is 6.44. The van der Waals surface area contributed by atoms with E-state index in [4.69, 9.17) is 16.3 Å². The highest BCUT2D eigenvalue weighted by atomic mass is 35.5. The molecule has 1 heterocycles. The Labute approximate surface area is 115 Å². The molecule has 0 N–H and O–H groups in total. The van der Waals surface area contributed by atoms with E-state index < -0.39 is 0 Å². The highest BCUT2D eigenvalue weighted by Gasteiger charge is 2.13. The van der Waals surface area contributed by atoms with E-state index in [1.54, 1.807) is 7.11 Å². The normalized spacial score (nSPS) is 11.0. The van der Waals surface area contributed by atoms with E-state index in [-0.39, 0.29) is 0 Å². The molecule has 102 valence electrons. The van der Waals surface area contributed by atoms with Crippen molar-refractivity contribution < 1.29 is 4.74 Å². The molecular formula is C14H23ClN2O. The molecule has 1 aromatic rings. The van der Waals surface area contributed by atoms with Crippen LogP contribution in [-0.2, 0) is 10.6 Å². The molecule has 0 aliphatic heterocycles. The molecule has 18 heavy (non-hydrogen) atoms. The third-order valence-electron chi connectivity index (χ3n) is 2.73. The molecule has 1 aromatic heterocycles. The van der Waals surface area contributed by atoms with Crippen LogP contribution < -0.4 is 4.90 Å². The van der Waals surface area contributed by atoms with Crippen LogP contribution in [0.5, 0.6) is 0 Å². The van der Waals surface area contributed by atoms with Gasteiger partial charge in [0.2, 0.25) is 0 Å². The monoisotopic (exact) mass is 270 g/mol. The van der Waals surface area contributed by atoms with Crippen molar-refractivity contribution in [2.45, 2.75) is 26.7 Å². The standard InChI is InChI=1S/C14H23ClN2O/c1-11(2)10-17(5-6-18-4)14-7-12(3)16-9-13(14)8-15/h7,9,11H,5-6,8,10H2,1-4H3. The van der Waals surface area contributed by atoms with Gasteiger partial charge >= 0.3 is 0 Å². The maximum Gasteiger partial charge on any atom is 0.0637 e. The Morgan fingerprint density at radius 3 is 2.72 bits per heavy atom. The Morgan fingerprint density at radius 2 is 2.17 bits per heavy atom. The smallest absolute Gasteiger partial charge is 0.0637 e. The van der Waals surface area contributed by atoms with Crippen molar-refractivity contribution in [1.29, 1.82) is 0 Å². The molecule has 0 fully saturated rings. The molecule has 0 saturated carbocycles. The lowest BCUT2D eigenvalue weighted by atomic mass is 10.1. The number of nitrogens with zero attached hydrogens (tertiary/aromatic N) is 2. The van der Waals surface area contributed by atoms with Crippen molar-refractivity contribution >= 4 is 17.3 Å². The number of hydrogen-bond acceptors (Lipinski definition) is 3. The van der Waals surface area contributed by atoms with Crippen LogP contribution in [0.15, 0.2) is 12.3 Å². The van der Waals surface area contributed by atoms with E-state index in [2.05, 4.69) is 29.8 Å². The van der Waals surface area contributed by atoms with Crippen molar-refractivity contribution in [3.05, 3.63) is 23.5 Å². The summed E-state index contributed by atoms with van der Waals surface area (Å²) in [5.41, 5.74) is 3.28. The lowest BCUT2D eigenvalue weighted by molar-refractivity contribution is 0.204. The van der Waals surface area contributed by atoms with Crippen molar-refractivity contribution in [2.24, 2.45) is 5.92 Å². The first kappa shape index (κ1) is 15.3. The number of alkyl halides is 1. The number of methoxy groups -OCH3 is 1. The van der Waals surface area contributed by atoms with Crippen LogP contribution in [0, 0.1) is 12.8 Å². The third kappa shape index (κ3) is 4.46. The third-order valence-corrected chi connectivity index (χ3v) is 3.02. The summed E-state index contributed by atoms with van der Waals surface area (Å²) in [4.78, 5) is 6.64. The molecule has 0 aliphatic rings. The topological polar surface area (TPSA) is 25.4 Å². The van der Waals surface area contributed by atoms with Gasteiger partial charge in [0.1, 0.15) is 0 Å². The second kappa shape index (κ2) is 7.59. The second-order valence-electron chi connectivity index (χ2n) is 4.92. The lowest BCUT2D eigenvalue weighted by Crippen LogP contribution is -2.31. The minimum absolute atomic E-state index is 0.490. The zero-order chi connectivity index (χ0) is 13.5. The number of rotatable bonds is 7. The molecule has 1 rings (SSSR count). The Morgan fingerprint density at radius 1 is 1.44 bits per heavy atom. The van der Waals surface area contributed by atoms with E-state index in [0.717, 1.165) is 31.0 Å². The van der Waals surface area contributed by atoms with E-state index in [1.807, 2.05) is 13.1 Å². The number of pyridine rings is 1. The summed E-state index contributed by atoms with van der Waals surface area (Å²) in [6, 6.07) is 2.11. The number of ether oxygens (including phenoxy) is 1. The number of anilines is 1. The van der Waals surface area contributed by atoms with E-state index in [0.29, 0.717) is 11.8 Å². The number of hydrogen-bond donors (Lipinski definition) is 0. The van der Waals surface area contributed by atoms with E-state index >= 15 is 0 Å². The minimum Gasteiger partial charge on any atom is -0.383 e. The maximum atomic E-state index is 6.00. The quantitative estimate of drug-likeness (QED) is 0.712. The molecular weight excluding hydrogens is 248 g/mol. The molecule has 0 unspecified atom stereocenters. The van der Waals surface area contributed by atoms with Gasteiger partial charge in [0.15, 0.2) is 0 Å². The molecule has 0 saturated heterocycles. The molecule has 3 nitrogen and oxygen atoms in total. The Hall–Kier alpha value is -0.800. The Bertz CT molecular complexity index is 369. The first-order chi connectivity index (χ1) is 8.58. The van der Waals surface area contributed by atoms with E-state index in [1.165, 1.54) is 5.69 Å². The van der Waals surface area contributed by atoms with Gasteiger partial charge in [-0.1, -0.05) is 13.8 Å². The van der Waals surface area contributed by atoms with Gasteiger partial charge in [0.05, 0.1) is 12.5 Å². The maximum absolute atomic E-state index is 6.00. The van der Waals surface area contributed by atoms with Crippen LogP contribution in [0.1, 0.15) is 25.1 Å². The fourth-order valence-electron chi connectivity index (χ4n) is 1.92. The van der Waals surface area contributed by atoms with Crippen molar-refractivity contribution in [1.82, 2.24) is 4.98 Å². The van der Waals surface area contributed by atoms with Gasteiger partial charge in [-0.25, -0.2) is 0 Å². The van der Waals surface area contributed by atoms with E-state index in [9.17, 15) is 0 Å². The lowest BCUT2D eigenvalue weighted by Gasteiger charge is -2.28. The van der Waals surface area contributed by atoms with Crippen molar-refractivity contribution in [2.75, 3.05) is 31.7 Å². The minimum atomic E-state index is 0.490. The van der Waals surface area contributed by atoms with Crippen LogP contribution in [0.2, 0.25) is 0 Å². The van der Waals surface area contributed by atoms with Gasteiger partial charge in [0, 0.05) is 43.3 Å². The molecule has 4 heteroatoms. The fraction of sp³-hybridized carbons (Fsp3) is 0.643. The molecule has 0 radical (unpaired) electrons. The zero-order valence-electron chi connectivity index (χ0n) is 11.7. The predicted octanol–water partition coefficient (Wildman–Crippen LogP) is 3.24.